The van der Waals surface area contributed by atoms with Crippen LogP contribution in [0.1, 0.15) is 21.6 Å². The second-order valence-electron chi connectivity index (χ2n) is 7.77. The Morgan fingerprint density at radius 2 is 1.43 bits per heavy atom. The van der Waals surface area contributed by atoms with E-state index in [0.717, 1.165) is 16.6 Å². The summed E-state index contributed by atoms with van der Waals surface area (Å²) >= 11 is 5.84. The number of carbonyl (C=O) groups excluding carboxylic acids is 1. The summed E-state index contributed by atoms with van der Waals surface area (Å²) in [4.78, 5) is 32.5. The van der Waals surface area contributed by atoms with E-state index in [1.807, 2.05) is 72.8 Å². The minimum absolute atomic E-state index is 0.111. The Labute approximate surface area is 207 Å². The van der Waals surface area contributed by atoms with Crippen LogP contribution in [-0.4, -0.2) is 15.8 Å². The molecule has 2 N–H and O–H groups in total. The van der Waals surface area contributed by atoms with E-state index in [-0.39, 0.29) is 11.3 Å². The van der Waals surface area contributed by atoms with Gasteiger partial charge >= 0.3 is 0 Å². The number of aryl methyl sites for hydroxylation is 1. The maximum absolute atomic E-state index is 12.1. The van der Waals surface area contributed by atoms with Gasteiger partial charge in [-0.25, -0.2) is 9.97 Å². The van der Waals surface area contributed by atoms with E-state index in [0.29, 0.717) is 33.0 Å². The third-order valence-corrected chi connectivity index (χ3v) is 5.55. The molecular weight excluding hydrogens is 458 g/mol. The van der Waals surface area contributed by atoms with Gasteiger partial charge in [0.25, 0.3) is 5.56 Å². The van der Waals surface area contributed by atoms with Crippen LogP contribution >= 0.6 is 11.6 Å². The number of aromatic nitrogens is 2. The number of anilines is 1. The minimum atomic E-state index is -0.279. The van der Waals surface area contributed by atoms with Gasteiger partial charge in [-0.15, -0.1) is 0 Å². The molecule has 0 aliphatic heterocycles. The summed E-state index contributed by atoms with van der Waals surface area (Å²) in [6, 6.07) is 31.3. The number of carbonyl (C=O) groups is 1. The van der Waals surface area contributed by atoms with Crippen molar-refractivity contribution in [2.75, 3.05) is 5.73 Å². The minimum Gasteiger partial charge on any atom is -0.398 e. The van der Waals surface area contributed by atoms with Crippen LogP contribution in [0.25, 0.3) is 22.2 Å². The number of hydrogen-bond donors (Lipinski definition) is 1. The van der Waals surface area contributed by atoms with Crippen molar-refractivity contribution in [2.24, 2.45) is 0 Å². The topological polar surface area (TPSA) is 85.9 Å². The number of ketones is 1. The van der Waals surface area contributed by atoms with E-state index in [1.165, 1.54) is 0 Å². The number of nitrogens with zero attached hydrogens (tertiary/aromatic N) is 2. The lowest BCUT2D eigenvalue weighted by Gasteiger charge is -2.05. The smallest absolute Gasteiger partial charge is 0.291 e. The molecule has 5 aromatic rings. The summed E-state index contributed by atoms with van der Waals surface area (Å²) in [5, 5.41) is 1.40. The highest BCUT2D eigenvalue weighted by atomic mass is 35.5. The molecule has 5 rings (SSSR count). The van der Waals surface area contributed by atoms with Crippen LogP contribution in [0.5, 0.6) is 0 Å². The summed E-state index contributed by atoms with van der Waals surface area (Å²) in [5.74, 6) is -0.111. The van der Waals surface area contributed by atoms with Crippen molar-refractivity contribution in [1.82, 2.24) is 9.97 Å². The molecule has 0 atom stereocenters. The van der Waals surface area contributed by atoms with Gasteiger partial charge in [-0.2, -0.15) is 0 Å². The fourth-order valence-corrected chi connectivity index (χ4v) is 3.70. The van der Waals surface area contributed by atoms with Gasteiger partial charge in [0, 0.05) is 32.8 Å². The molecule has 0 unspecified atom stereocenters. The molecule has 6 heteroatoms. The molecule has 0 aliphatic carbocycles. The molecule has 0 bridgehead atoms. The zero-order valence-electron chi connectivity index (χ0n) is 19.0. The lowest BCUT2D eigenvalue weighted by atomic mass is 10.0. The number of halogens is 1. The summed E-state index contributed by atoms with van der Waals surface area (Å²) in [7, 11) is 0. The van der Waals surface area contributed by atoms with Crippen molar-refractivity contribution in [2.45, 2.75) is 6.92 Å². The number of hydrogen-bond acceptors (Lipinski definition) is 5. The molecule has 0 radical (unpaired) electrons. The standard InChI is InChI=1S/C16H12N2O.C13H10ClNO/c1-11-16(19)18-14-10-6-5-9-13(14)15(17-11)12-7-3-2-4-8-12;14-10-6-7-12(15)11(8-10)13(16)9-4-2-1-3-5-9/h2-10H,1H3;1-8H,15H2. The van der Waals surface area contributed by atoms with Crippen LogP contribution in [-0.2, 0) is 0 Å². The molecule has 0 amide bonds. The van der Waals surface area contributed by atoms with Gasteiger partial charge in [0.05, 0.1) is 11.2 Å². The van der Waals surface area contributed by atoms with Gasteiger partial charge in [-0.05, 0) is 31.2 Å². The van der Waals surface area contributed by atoms with Crippen LogP contribution in [0.15, 0.2) is 108 Å². The first-order valence-corrected chi connectivity index (χ1v) is 11.3. The van der Waals surface area contributed by atoms with Crippen LogP contribution in [0, 0.1) is 6.92 Å². The highest BCUT2D eigenvalue weighted by molar-refractivity contribution is 6.31. The molecule has 5 nitrogen and oxygen atoms in total. The summed E-state index contributed by atoms with van der Waals surface area (Å²) in [5.41, 5.74) is 9.83. The fraction of sp³-hybridized carbons (Fsp3) is 0.0345. The Hall–Kier alpha value is -4.35. The monoisotopic (exact) mass is 479 g/mol. The van der Waals surface area contributed by atoms with Gasteiger partial charge < -0.3 is 5.73 Å². The number of nitrogen functional groups attached to an aromatic ring is 1. The maximum atomic E-state index is 12.1. The second kappa shape index (κ2) is 10.7. The van der Waals surface area contributed by atoms with E-state index in [1.54, 1.807) is 37.3 Å². The first-order chi connectivity index (χ1) is 16.9. The van der Waals surface area contributed by atoms with E-state index in [9.17, 15) is 9.59 Å². The van der Waals surface area contributed by atoms with Crippen molar-refractivity contribution in [1.29, 1.82) is 0 Å². The maximum Gasteiger partial charge on any atom is 0.291 e. The fourth-order valence-electron chi connectivity index (χ4n) is 3.52. The number of fused-ring (bicyclic) bond motifs is 1. The highest BCUT2D eigenvalue weighted by Crippen LogP contribution is 2.24. The molecule has 0 fully saturated rings. The summed E-state index contributed by atoms with van der Waals surface area (Å²) < 4.78 is 0. The van der Waals surface area contributed by atoms with Gasteiger partial charge in [0.2, 0.25) is 0 Å². The van der Waals surface area contributed by atoms with Crippen LogP contribution in [0.3, 0.4) is 0 Å². The normalized spacial score (nSPS) is 10.3. The van der Waals surface area contributed by atoms with Crippen molar-refractivity contribution < 1.29 is 4.79 Å². The first kappa shape index (κ1) is 23.8. The Bertz CT molecular complexity index is 1560. The average molecular weight is 480 g/mol. The molecule has 1 aromatic heterocycles. The van der Waals surface area contributed by atoms with Gasteiger partial charge in [-0.1, -0.05) is 90.5 Å². The van der Waals surface area contributed by atoms with E-state index in [4.69, 9.17) is 17.3 Å². The Balaban J connectivity index is 0.000000168. The molecule has 0 saturated carbocycles. The molecule has 0 aliphatic rings. The lowest BCUT2D eigenvalue weighted by molar-refractivity contribution is 0.103. The summed E-state index contributed by atoms with van der Waals surface area (Å²) in [6.45, 7) is 1.70. The van der Waals surface area contributed by atoms with Gasteiger partial charge in [-0.3, -0.25) is 9.59 Å². The highest BCUT2D eigenvalue weighted by Gasteiger charge is 2.12. The molecular formula is C29H22ClN3O2. The van der Waals surface area contributed by atoms with E-state index in [2.05, 4.69) is 9.97 Å². The quantitative estimate of drug-likeness (QED) is 0.249. The molecule has 4 aromatic carbocycles. The predicted molar refractivity (Wildman–Crippen MR) is 142 cm³/mol. The molecule has 0 spiro atoms. The molecule has 35 heavy (non-hydrogen) atoms. The number of para-hydroxylation sites is 1. The third kappa shape index (κ3) is 5.60. The van der Waals surface area contributed by atoms with Crippen molar-refractivity contribution in [3.05, 3.63) is 135 Å². The first-order valence-electron chi connectivity index (χ1n) is 10.9. The number of nitrogens with two attached hydrogens (primary N) is 1. The second-order valence-corrected chi connectivity index (χ2v) is 8.21. The Morgan fingerprint density at radius 1 is 0.800 bits per heavy atom. The van der Waals surface area contributed by atoms with Gasteiger partial charge in [0.1, 0.15) is 5.69 Å². The van der Waals surface area contributed by atoms with E-state index < -0.39 is 0 Å². The van der Waals surface area contributed by atoms with Crippen LogP contribution < -0.4 is 11.3 Å². The van der Waals surface area contributed by atoms with Crippen molar-refractivity contribution in [3.63, 3.8) is 0 Å². The van der Waals surface area contributed by atoms with Crippen molar-refractivity contribution in [3.8, 4) is 11.3 Å². The number of benzene rings is 4. The predicted octanol–water partition coefficient (Wildman–Crippen LogP) is 6.12. The Kier molecular flexibility index (Phi) is 7.29. The molecule has 1 heterocycles. The lowest BCUT2D eigenvalue weighted by Crippen LogP contribution is -2.06. The average Bonchev–Trinajstić information content (AvgIpc) is 3.02. The largest absolute Gasteiger partial charge is 0.398 e. The van der Waals surface area contributed by atoms with E-state index >= 15 is 0 Å². The Morgan fingerprint density at radius 3 is 2.14 bits per heavy atom. The zero-order chi connectivity index (χ0) is 24.8. The molecule has 172 valence electrons. The van der Waals surface area contributed by atoms with Gasteiger partial charge in [0.15, 0.2) is 5.78 Å². The third-order valence-electron chi connectivity index (χ3n) is 5.31. The summed E-state index contributed by atoms with van der Waals surface area (Å²) in [6.07, 6.45) is 0. The van der Waals surface area contributed by atoms with Crippen LogP contribution in [0.4, 0.5) is 5.69 Å². The zero-order valence-corrected chi connectivity index (χ0v) is 19.7. The number of rotatable bonds is 3. The SMILES string of the molecule is Cc1nc(-c2ccccc2)c2ccccc2nc1=O.Nc1ccc(Cl)cc1C(=O)c1ccccc1. The van der Waals surface area contributed by atoms with Crippen LogP contribution in [0.2, 0.25) is 5.02 Å². The van der Waals surface area contributed by atoms with Crippen molar-refractivity contribution >= 4 is 34.0 Å². The molecule has 0 saturated heterocycles.